The first kappa shape index (κ1) is 13.1. The molecular weight excluding hydrogens is 268 g/mol. The second kappa shape index (κ2) is 5.96. The molecule has 1 heterocycles. The van der Waals surface area contributed by atoms with E-state index in [2.05, 4.69) is 32.7 Å². The van der Waals surface area contributed by atoms with Gasteiger partial charge in [-0.05, 0) is 41.5 Å². The van der Waals surface area contributed by atoms with Crippen LogP contribution in [0.1, 0.15) is 18.9 Å². The SMILES string of the molecule is CC(CC(=N)N)N(C)Cc1cncc(Br)c1. The average Bonchev–Trinajstić information content (AvgIpc) is 2.16. The van der Waals surface area contributed by atoms with Crippen LogP contribution in [0.2, 0.25) is 0 Å². The van der Waals surface area contributed by atoms with Gasteiger partial charge in [-0.3, -0.25) is 15.3 Å². The highest BCUT2D eigenvalue weighted by Crippen LogP contribution is 2.12. The summed E-state index contributed by atoms with van der Waals surface area (Å²) in [4.78, 5) is 6.27. The Hall–Kier alpha value is -0.940. The first-order chi connectivity index (χ1) is 7.49. The van der Waals surface area contributed by atoms with Gasteiger partial charge in [0.25, 0.3) is 0 Å². The molecule has 0 bridgehead atoms. The molecule has 88 valence electrons. The van der Waals surface area contributed by atoms with Gasteiger partial charge in [0.05, 0.1) is 5.84 Å². The third-order valence-corrected chi connectivity index (χ3v) is 2.89. The van der Waals surface area contributed by atoms with Crippen LogP contribution in [0.3, 0.4) is 0 Å². The van der Waals surface area contributed by atoms with E-state index >= 15 is 0 Å². The molecule has 5 heteroatoms. The highest BCUT2D eigenvalue weighted by molar-refractivity contribution is 9.10. The van der Waals surface area contributed by atoms with Gasteiger partial charge in [0, 0.05) is 35.9 Å². The van der Waals surface area contributed by atoms with Crippen molar-refractivity contribution in [3.8, 4) is 0 Å². The molecule has 0 aliphatic rings. The van der Waals surface area contributed by atoms with E-state index in [4.69, 9.17) is 11.1 Å². The van der Waals surface area contributed by atoms with Crippen LogP contribution in [0, 0.1) is 5.41 Å². The number of amidine groups is 1. The largest absolute Gasteiger partial charge is 0.388 e. The fourth-order valence-corrected chi connectivity index (χ4v) is 1.87. The Bertz CT molecular complexity index is 367. The molecule has 1 rings (SSSR count). The van der Waals surface area contributed by atoms with Gasteiger partial charge in [0.15, 0.2) is 0 Å². The van der Waals surface area contributed by atoms with Gasteiger partial charge in [-0.15, -0.1) is 0 Å². The molecule has 0 aliphatic heterocycles. The van der Waals surface area contributed by atoms with E-state index in [-0.39, 0.29) is 11.9 Å². The summed E-state index contributed by atoms with van der Waals surface area (Å²) in [6.45, 7) is 2.87. The Morgan fingerprint density at radius 1 is 1.62 bits per heavy atom. The number of nitrogens with one attached hydrogen (secondary N) is 1. The maximum Gasteiger partial charge on any atom is 0.0920 e. The van der Waals surface area contributed by atoms with Crippen LogP contribution in [0.5, 0.6) is 0 Å². The number of rotatable bonds is 5. The van der Waals surface area contributed by atoms with Crippen LogP contribution in [0.15, 0.2) is 22.9 Å². The Kier molecular flexibility index (Phi) is 4.89. The lowest BCUT2D eigenvalue weighted by Gasteiger charge is -2.24. The van der Waals surface area contributed by atoms with Gasteiger partial charge in [0.2, 0.25) is 0 Å². The lowest BCUT2D eigenvalue weighted by atomic mass is 10.2. The third kappa shape index (κ3) is 4.28. The van der Waals surface area contributed by atoms with Gasteiger partial charge in [-0.1, -0.05) is 0 Å². The predicted octanol–water partition coefficient (Wildman–Crippen LogP) is 1.99. The topological polar surface area (TPSA) is 66.0 Å². The maximum atomic E-state index is 7.26. The summed E-state index contributed by atoms with van der Waals surface area (Å²) in [7, 11) is 2.02. The number of nitrogens with two attached hydrogens (primary N) is 1. The summed E-state index contributed by atoms with van der Waals surface area (Å²) in [5.41, 5.74) is 6.53. The van der Waals surface area contributed by atoms with Crippen molar-refractivity contribution >= 4 is 21.8 Å². The van der Waals surface area contributed by atoms with Crippen molar-refractivity contribution in [1.82, 2.24) is 9.88 Å². The number of hydrogen-bond donors (Lipinski definition) is 2. The van der Waals surface area contributed by atoms with Gasteiger partial charge < -0.3 is 5.73 Å². The zero-order valence-electron chi connectivity index (χ0n) is 9.57. The molecular formula is C11H17BrN4. The normalized spacial score (nSPS) is 12.8. The minimum atomic E-state index is 0.228. The van der Waals surface area contributed by atoms with Crippen molar-refractivity contribution in [3.63, 3.8) is 0 Å². The van der Waals surface area contributed by atoms with E-state index < -0.39 is 0 Å². The van der Waals surface area contributed by atoms with Crippen LogP contribution < -0.4 is 5.73 Å². The number of halogens is 1. The van der Waals surface area contributed by atoms with Gasteiger partial charge in [-0.2, -0.15) is 0 Å². The summed E-state index contributed by atoms with van der Waals surface area (Å²) < 4.78 is 0.984. The summed E-state index contributed by atoms with van der Waals surface area (Å²) in [5.74, 6) is 0.228. The van der Waals surface area contributed by atoms with E-state index in [0.29, 0.717) is 6.42 Å². The van der Waals surface area contributed by atoms with Crippen LogP contribution in [-0.2, 0) is 6.54 Å². The molecule has 0 aliphatic carbocycles. The Morgan fingerprint density at radius 3 is 2.88 bits per heavy atom. The van der Waals surface area contributed by atoms with Crippen molar-refractivity contribution in [3.05, 3.63) is 28.5 Å². The van der Waals surface area contributed by atoms with Gasteiger partial charge in [-0.25, -0.2) is 0 Å². The first-order valence-corrected chi connectivity index (χ1v) is 5.91. The molecule has 3 N–H and O–H groups in total. The fourth-order valence-electron chi connectivity index (χ4n) is 1.46. The number of pyridine rings is 1. The molecule has 0 aromatic carbocycles. The minimum Gasteiger partial charge on any atom is -0.388 e. The maximum absolute atomic E-state index is 7.26. The average molecular weight is 285 g/mol. The van der Waals surface area contributed by atoms with Gasteiger partial charge >= 0.3 is 0 Å². The lowest BCUT2D eigenvalue weighted by Crippen LogP contribution is -2.32. The summed E-state index contributed by atoms with van der Waals surface area (Å²) in [6, 6.07) is 2.31. The van der Waals surface area contributed by atoms with Crippen LogP contribution in [-0.4, -0.2) is 28.8 Å². The fraction of sp³-hybridized carbons (Fsp3) is 0.455. The smallest absolute Gasteiger partial charge is 0.0920 e. The molecule has 4 nitrogen and oxygen atoms in total. The summed E-state index contributed by atoms with van der Waals surface area (Å²) in [6.07, 6.45) is 4.21. The molecule has 1 atom stereocenters. The molecule has 0 saturated heterocycles. The number of aromatic nitrogens is 1. The quantitative estimate of drug-likeness (QED) is 0.642. The zero-order chi connectivity index (χ0) is 12.1. The second-order valence-electron chi connectivity index (χ2n) is 4.00. The molecule has 1 aromatic rings. The van der Waals surface area contributed by atoms with Crippen LogP contribution in [0.25, 0.3) is 0 Å². The van der Waals surface area contributed by atoms with Crippen molar-refractivity contribution in [1.29, 1.82) is 5.41 Å². The monoisotopic (exact) mass is 284 g/mol. The standard InChI is InChI=1S/C11H17BrN4/c1-8(3-11(13)14)16(2)7-9-4-10(12)6-15-5-9/h4-6,8H,3,7H2,1-2H3,(H3,13,14). The Balaban J connectivity index is 2.56. The number of hydrogen-bond acceptors (Lipinski definition) is 3. The highest BCUT2D eigenvalue weighted by Gasteiger charge is 2.10. The number of nitrogens with zero attached hydrogens (tertiary/aromatic N) is 2. The van der Waals surface area contributed by atoms with E-state index in [1.807, 2.05) is 19.3 Å². The second-order valence-corrected chi connectivity index (χ2v) is 4.92. The Morgan fingerprint density at radius 2 is 2.31 bits per heavy atom. The molecule has 0 saturated carbocycles. The molecule has 1 aromatic heterocycles. The first-order valence-electron chi connectivity index (χ1n) is 5.11. The summed E-state index contributed by atoms with van der Waals surface area (Å²) >= 11 is 3.39. The molecule has 0 amide bonds. The highest BCUT2D eigenvalue weighted by atomic mass is 79.9. The van der Waals surface area contributed by atoms with E-state index in [1.165, 1.54) is 0 Å². The Labute approximate surface area is 104 Å². The molecule has 16 heavy (non-hydrogen) atoms. The van der Waals surface area contributed by atoms with E-state index in [0.717, 1.165) is 16.6 Å². The van der Waals surface area contributed by atoms with E-state index in [1.54, 1.807) is 6.20 Å². The molecule has 0 spiro atoms. The molecule has 1 unspecified atom stereocenters. The van der Waals surface area contributed by atoms with Crippen molar-refractivity contribution < 1.29 is 0 Å². The van der Waals surface area contributed by atoms with E-state index in [9.17, 15) is 0 Å². The minimum absolute atomic E-state index is 0.228. The molecule has 0 radical (unpaired) electrons. The van der Waals surface area contributed by atoms with Crippen molar-refractivity contribution in [2.45, 2.75) is 25.9 Å². The van der Waals surface area contributed by atoms with Crippen molar-refractivity contribution in [2.75, 3.05) is 7.05 Å². The zero-order valence-corrected chi connectivity index (χ0v) is 11.2. The third-order valence-electron chi connectivity index (χ3n) is 2.46. The van der Waals surface area contributed by atoms with Crippen molar-refractivity contribution in [2.24, 2.45) is 5.73 Å². The summed E-state index contributed by atoms with van der Waals surface area (Å²) in [5, 5.41) is 7.26. The lowest BCUT2D eigenvalue weighted by molar-refractivity contribution is 0.254. The van der Waals surface area contributed by atoms with Gasteiger partial charge in [0.1, 0.15) is 0 Å². The van der Waals surface area contributed by atoms with Crippen LogP contribution in [0.4, 0.5) is 0 Å². The van der Waals surface area contributed by atoms with Crippen LogP contribution >= 0.6 is 15.9 Å². The predicted molar refractivity (Wildman–Crippen MR) is 69.4 cm³/mol. The molecule has 0 fully saturated rings.